The summed E-state index contributed by atoms with van der Waals surface area (Å²) in [7, 11) is 0. The Morgan fingerprint density at radius 2 is 1.70 bits per heavy atom. The Morgan fingerprint density at radius 3 is 2.43 bits per heavy atom. The van der Waals surface area contributed by atoms with Crippen molar-refractivity contribution < 1.29 is 0 Å². The van der Waals surface area contributed by atoms with Gasteiger partial charge in [0.15, 0.2) is 0 Å². The zero-order chi connectivity index (χ0) is 16.4. The molecule has 3 N–H and O–H groups in total. The van der Waals surface area contributed by atoms with Gasteiger partial charge in [0, 0.05) is 22.3 Å². The molecular weight excluding hydrogens is 308 g/mol. The summed E-state index contributed by atoms with van der Waals surface area (Å²) in [6.07, 6.45) is 0. The molecule has 3 rings (SSSR count). The molecule has 4 nitrogen and oxygen atoms in total. The van der Waals surface area contributed by atoms with Crippen LogP contribution in [0.25, 0.3) is 11.3 Å². The van der Waals surface area contributed by atoms with Gasteiger partial charge in [-0.3, -0.25) is 0 Å². The molecule has 3 aromatic rings. The second kappa shape index (κ2) is 6.26. The van der Waals surface area contributed by atoms with Crippen LogP contribution in [-0.4, -0.2) is 9.97 Å². The first-order valence-corrected chi connectivity index (χ1v) is 7.64. The lowest BCUT2D eigenvalue weighted by atomic mass is 10.0. The number of aryl methyl sites for hydroxylation is 2. The predicted molar refractivity (Wildman–Crippen MR) is 96.1 cm³/mol. The highest BCUT2D eigenvalue weighted by molar-refractivity contribution is 6.30. The molecular formula is C18H17ClN4. The van der Waals surface area contributed by atoms with Crippen LogP contribution < -0.4 is 11.1 Å². The van der Waals surface area contributed by atoms with Crippen molar-refractivity contribution in [2.24, 2.45) is 0 Å². The lowest BCUT2D eigenvalue weighted by Crippen LogP contribution is -2.02. The lowest BCUT2D eigenvalue weighted by molar-refractivity contribution is 1.18. The van der Waals surface area contributed by atoms with Crippen molar-refractivity contribution in [1.82, 2.24) is 9.97 Å². The van der Waals surface area contributed by atoms with E-state index in [9.17, 15) is 0 Å². The second-order valence-corrected chi connectivity index (χ2v) is 5.88. The van der Waals surface area contributed by atoms with E-state index in [-0.39, 0.29) is 5.95 Å². The van der Waals surface area contributed by atoms with Gasteiger partial charge in [-0.25, -0.2) is 4.98 Å². The van der Waals surface area contributed by atoms with Crippen molar-refractivity contribution in [3.63, 3.8) is 0 Å². The third-order valence-corrected chi connectivity index (χ3v) is 3.78. The van der Waals surface area contributed by atoms with Gasteiger partial charge in [-0.2, -0.15) is 4.98 Å². The maximum atomic E-state index is 5.90. The number of benzene rings is 2. The number of nitrogen functional groups attached to an aromatic ring is 1. The van der Waals surface area contributed by atoms with Crippen molar-refractivity contribution in [1.29, 1.82) is 0 Å². The number of aromatic nitrogens is 2. The van der Waals surface area contributed by atoms with Gasteiger partial charge in [0.1, 0.15) is 5.82 Å². The van der Waals surface area contributed by atoms with Crippen molar-refractivity contribution in [2.75, 3.05) is 11.1 Å². The molecule has 0 saturated carbocycles. The average molecular weight is 325 g/mol. The van der Waals surface area contributed by atoms with E-state index in [2.05, 4.69) is 47.3 Å². The number of hydrogen-bond acceptors (Lipinski definition) is 4. The molecule has 23 heavy (non-hydrogen) atoms. The van der Waals surface area contributed by atoms with Crippen LogP contribution >= 0.6 is 11.6 Å². The topological polar surface area (TPSA) is 63.8 Å². The summed E-state index contributed by atoms with van der Waals surface area (Å²) in [5.74, 6) is 0.885. The van der Waals surface area contributed by atoms with E-state index in [1.165, 1.54) is 5.56 Å². The second-order valence-electron chi connectivity index (χ2n) is 5.45. The molecule has 2 aromatic carbocycles. The van der Waals surface area contributed by atoms with Gasteiger partial charge in [-0.15, -0.1) is 0 Å². The highest BCUT2D eigenvalue weighted by Crippen LogP contribution is 2.26. The van der Waals surface area contributed by atoms with Gasteiger partial charge in [0.2, 0.25) is 5.95 Å². The summed E-state index contributed by atoms with van der Waals surface area (Å²) < 4.78 is 0. The molecule has 0 radical (unpaired) electrons. The molecule has 5 heteroatoms. The minimum absolute atomic E-state index is 0.236. The molecule has 1 heterocycles. The Kier molecular flexibility index (Phi) is 4.17. The summed E-state index contributed by atoms with van der Waals surface area (Å²) >= 11 is 5.90. The molecule has 0 atom stereocenters. The first kappa shape index (κ1) is 15.3. The minimum atomic E-state index is 0.236. The molecule has 0 aliphatic carbocycles. The van der Waals surface area contributed by atoms with Crippen LogP contribution in [0.15, 0.2) is 48.5 Å². The first-order chi connectivity index (χ1) is 11.0. The molecule has 0 fully saturated rings. The molecule has 1 aromatic heterocycles. The van der Waals surface area contributed by atoms with Crippen LogP contribution in [0, 0.1) is 13.8 Å². The summed E-state index contributed by atoms with van der Waals surface area (Å²) in [5.41, 5.74) is 10.9. The molecule has 0 unspecified atom stereocenters. The van der Waals surface area contributed by atoms with E-state index in [1.807, 2.05) is 30.3 Å². The van der Waals surface area contributed by atoms with Crippen molar-refractivity contribution in [3.05, 3.63) is 64.7 Å². The van der Waals surface area contributed by atoms with Crippen LogP contribution in [-0.2, 0) is 0 Å². The highest BCUT2D eigenvalue weighted by atomic mass is 35.5. The SMILES string of the molecule is Cc1ccc(C)c(-c2cc(Nc3ccc(Cl)cc3)nc(N)n2)c1. The fourth-order valence-electron chi connectivity index (χ4n) is 2.36. The maximum Gasteiger partial charge on any atom is 0.222 e. The van der Waals surface area contributed by atoms with Crippen molar-refractivity contribution in [2.45, 2.75) is 13.8 Å². The van der Waals surface area contributed by atoms with E-state index in [0.29, 0.717) is 10.8 Å². The number of nitrogens with one attached hydrogen (secondary N) is 1. The van der Waals surface area contributed by atoms with Gasteiger partial charge in [0.05, 0.1) is 5.69 Å². The minimum Gasteiger partial charge on any atom is -0.368 e. The Hall–Kier alpha value is -2.59. The van der Waals surface area contributed by atoms with E-state index >= 15 is 0 Å². The Morgan fingerprint density at radius 1 is 0.957 bits per heavy atom. The predicted octanol–water partition coefficient (Wildman–Crippen LogP) is 4.74. The van der Waals surface area contributed by atoms with E-state index in [4.69, 9.17) is 17.3 Å². The van der Waals surface area contributed by atoms with Crippen LogP contribution in [0.1, 0.15) is 11.1 Å². The summed E-state index contributed by atoms with van der Waals surface area (Å²) in [6, 6.07) is 15.6. The number of rotatable bonds is 3. The Labute approximate surface area is 140 Å². The molecule has 0 saturated heterocycles. The average Bonchev–Trinajstić information content (AvgIpc) is 2.51. The van der Waals surface area contributed by atoms with Crippen molar-refractivity contribution >= 4 is 29.1 Å². The van der Waals surface area contributed by atoms with Crippen LogP contribution in [0.4, 0.5) is 17.5 Å². The van der Waals surface area contributed by atoms with Gasteiger partial charge >= 0.3 is 0 Å². The Balaban J connectivity index is 1.99. The third-order valence-electron chi connectivity index (χ3n) is 3.53. The maximum absolute atomic E-state index is 5.90. The van der Waals surface area contributed by atoms with E-state index in [0.717, 1.165) is 22.5 Å². The quantitative estimate of drug-likeness (QED) is 0.730. The third kappa shape index (κ3) is 3.60. The molecule has 0 spiro atoms. The van der Waals surface area contributed by atoms with E-state index < -0.39 is 0 Å². The number of nitrogens with two attached hydrogens (primary N) is 1. The monoisotopic (exact) mass is 324 g/mol. The largest absolute Gasteiger partial charge is 0.368 e. The molecule has 0 aliphatic heterocycles. The van der Waals surface area contributed by atoms with Gasteiger partial charge in [0.25, 0.3) is 0 Å². The van der Waals surface area contributed by atoms with Gasteiger partial charge in [-0.1, -0.05) is 29.3 Å². The highest BCUT2D eigenvalue weighted by Gasteiger charge is 2.08. The number of anilines is 3. The zero-order valence-electron chi connectivity index (χ0n) is 13.0. The van der Waals surface area contributed by atoms with E-state index in [1.54, 1.807) is 0 Å². The first-order valence-electron chi connectivity index (χ1n) is 7.26. The summed E-state index contributed by atoms with van der Waals surface area (Å²) in [5, 5.41) is 3.92. The molecule has 116 valence electrons. The molecule has 0 bridgehead atoms. The lowest BCUT2D eigenvalue weighted by Gasteiger charge is -2.11. The zero-order valence-corrected chi connectivity index (χ0v) is 13.7. The Bertz CT molecular complexity index is 844. The van der Waals surface area contributed by atoms with Crippen LogP contribution in [0.2, 0.25) is 5.02 Å². The standard InChI is InChI=1S/C18H17ClN4/c1-11-3-4-12(2)15(9-11)16-10-17(23-18(20)22-16)21-14-7-5-13(19)6-8-14/h3-10H,1-2H3,(H3,20,21,22,23). The van der Waals surface area contributed by atoms with Gasteiger partial charge in [-0.05, 0) is 49.7 Å². The fourth-order valence-corrected chi connectivity index (χ4v) is 2.49. The molecule has 0 aliphatic rings. The van der Waals surface area contributed by atoms with Crippen LogP contribution in [0.5, 0.6) is 0 Å². The number of nitrogens with zero attached hydrogens (tertiary/aromatic N) is 2. The number of halogens is 1. The number of hydrogen-bond donors (Lipinski definition) is 2. The van der Waals surface area contributed by atoms with Gasteiger partial charge < -0.3 is 11.1 Å². The van der Waals surface area contributed by atoms with Crippen molar-refractivity contribution in [3.8, 4) is 11.3 Å². The smallest absolute Gasteiger partial charge is 0.222 e. The summed E-state index contributed by atoms with van der Waals surface area (Å²) in [4.78, 5) is 8.62. The normalized spacial score (nSPS) is 10.6. The fraction of sp³-hybridized carbons (Fsp3) is 0.111. The van der Waals surface area contributed by atoms with Crippen LogP contribution in [0.3, 0.4) is 0 Å². The summed E-state index contributed by atoms with van der Waals surface area (Å²) in [6.45, 7) is 4.11. The molecule has 0 amide bonds.